The Kier molecular flexibility index (Phi) is 6.03. The van der Waals surface area contributed by atoms with E-state index in [0.717, 1.165) is 38.0 Å². The van der Waals surface area contributed by atoms with E-state index < -0.39 is 0 Å². The molecule has 0 aliphatic carbocycles. The smallest absolute Gasteiger partial charge is 0.142 e. The number of nitrogens with one attached hydrogen (secondary N) is 1. The first-order chi connectivity index (χ1) is 10.1. The molecule has 1 N–H and O–H groups in total. The summed E-state index contributed by atoms with van der Waals surface area (Å²) in [5.41, 5.74) is 0.890. The van der Waals surface area contributed by atoms with Gasteiger partial charge in [0.15, 0.2) is 0 Å². The zero-order chi connectivity index (χ0) is 15.4. The van der Waals surface area contributed by atoms with Gasteiger partial charge in [0.2, 0.25) is 0 Å². The lowest BCUT2D eigenvalue weighted by Crippen LogP contribution is -2.57. The maximum atomic E-state index is 13.6. The highest BCUT2D eigenvalue weighted by molar-refractivity contribution is 6.31. The maximum Gasteiger partial charge on any atom is 0.142 e. The number of halogens is 2. The fraction of sp³-hybridized carbons (Fsp3) is 0.647. The van der Waals surface area contributed by atoms with Crippen LogP contribution in [0, 0.1) is 11.7 Å². The van der Waals surface area contributed by atoms with Crippen LogP contribution in [0.15, 0.2) is 18.2 Å². The van der Waals surface area contributed by atoms with Gasteiger partial charge >= 0.3 is 0 Å². The molecular weight excluding hydrogens is 287 g/mol. The second kappa shape index (κ2) is 7.57. The average Bonchev–Trinajstić information content (AvgIpc) is 2.51. The Balaban J connectivity index is 2.17. The van der Waals surface area contributed by atoms with Crippen molar-refractivity contribution in [2.75, 3.05) is 13.1 Å². The molecule has 2 rings (SSSR count). The largest absolute Gasteiger partial charge is 0.311 e. The predicted molar refractivity (Wildman–Crippen MR) is 87.1 cm³/mol. The summed E-state index contributed by atoms with van der Waals surface area (Å²) in [6.45, 7) is 9.44. The highest BCUT2D eigenvalue weighted by Crippen LogP contribution is 2.25. The van der Waals surface area contributed by atoms with Crippen LogP contribution in [0.2, 0.25) is 5.02 Å². The summed E-state index contributed by atoms with van der Waals surface area (Å²) in [6.07, 6.45) is 2.26. The normalized spacial score (nSPS) is 25.0. The molecule has 1 saturated heterocycles. The van der Waals surface area contributed by atoms with E-state index in [0.29, 0.717) is 18.0 Å². The van der Waals surface area contributed by atoms with Gasteiger partial charge in [-0.05, 0) is 24.0 Å². The number of benzene rings is 1. The first-order valence-electron chi connectivity index (χ1n) is 7.97. The van der Waals surface area contributed by atoms with Gasteiger partial charge in [0, 0.05) is 31.7 Å². The number of rotatable bonds is 5. The minimum atomic E-state index is -0.323. The Morgan fingerprint density at radius 1 is 1.43 bits per heavy atom. The van der Waals surface area contributed by atoms with Crippen LogP contribution in [0.3, 0.4) is 0 Å². The minimum absolute atomic E-state index is 0.270. The average molecular weight is 313 g/mol. The van der Waals surface area contributed by atoms with Crippen LogP contribution in [-0.2, 0) is 6.54 Å². The lowest BCUT2D eigenvalue weighted by Gasteiger charge is -2.43. The molecule has 0 aromatic heterocycles. The topological polar surface area (TPSA) is 15.3 Å². The third-order valence-corrected chi connectivity index (χ3v) is 5.16. The van der Waals surface area contributed by atoms with Gasteiger partial charge in [-0.1, -0.05) is 50.9 Å². The minimum Gasteiger partial charge on any atom is -0.311 e. The van der Waals surface area contributed by atoms with Crippen LogP contribution in [0.1, 0.15) is 39.2 Å². The fourth-order valence-corrected chi connectivity index (χ4v) is 3.26. The van der Waals surface area contributed by atoms with Crippen molar-refractivity contribution in [3.63, 3.8) is 0 Å². The Hall–Kier alpha value is -0.640. The molecule has 0 spiro atoms. The second-order valence-electron chi connectivity index (χ2n) is 6.11. The number of hydrogen-bond acceptors (Lipinski definition) is 2. The van der Waals surface area contributed by atoms with Crippen LogP contribution < -0.4 is 5.32 Å². The number of hydrogen-bond donors (Lipinski definition) is 1. The van der Waals surface area contributed by atoms with E-state index in [4.69, 9.17) is 11.6 Å². The summed E-state index contributed by atoms with van der Waals surface area (Å²) in [7, 11) is 0. The van der Waals surface area contributed by atoms with Crippen LogP contribution in [0.4, 0.5) is 4.39 Å². The molecule has 2 nitrogen and oxygen atoms in total. The van der Waals surface area contributed by atoms with Gasteiger partial charge in [-0.25, -0.2) is 4.39 Å². The van der Waals surface area contributed by atoms with E-state index in [2.05, 4.69) is 31.0 Å². The Labute approximate surface area is 132 Å². The van der Waals surface area contributed by atoms with E-state index >= 15 is 0 Å². The maximum absolute atomic E-state index is 13.6. The van der Waals surface area contributed by atoms with E-state index in [1.165, 1.54) is 6.07 Å². The summed E-state index contributed by atoms with van der Waals surface area (Å²) in [5, 5.41) is 3.90. The van der Waals surface area contributed by atoms with E-state index in [-0.39, 0.29) is 10.8 Å². The summed E-state index contributed by atoms with van der Waals surface area (Å²) in [5.74, 6) is 0.291. The molecule has 118 valence electrons. The van der Waals surface area contributed by atoms with Gasteiger partial charge in [-0.2, -0.15) is 0 Å². The molecule has 0 amide bonds. The molecule has 1 heterocycles. The Morgan fingerprint density at radius 3 is 2.86 bits per heavy atom. The number of nitrogens with zero attached hydrogens (tertiary/aromatic N) is 1. The van der Waals surface area contributed by atoms with Gasteiger partial charge in [0.25, 0.3) is 0 Å². The van der Waals surface area contributed by atoms with Crippen LogP contribution >= 0.6 is 11.6 Å². The molecule has 3 atom stereocenters. The fourth-order valence-electron chi connectivity index (χ4n) is 3.08. The molecule has 21 heavy (non-hydrogen) atoms. The van der Waals surface area contributed by atoms with Crippen molar-refractivity contribution in [3.05, 3.63) is 34.6 Å². The summed E-state index contributed by atoms with van der Waals surface area (Å²) < 4.78 is 13.6. The molecule has 1 aliphatic heterocycles. The van der Waals surface area contributed by atoms with Crippen LogP contribution in [0.5, 0.6) is 0 Å². The second-order valence-corrected chi connectivity index (χ2v) is 6.49. The molecule has 3 unspecified atom stereocenters. The van der Waals surface area contributed by atoms with Crippen molar-refractivity contribution >= 4 is 11.6 Å². The quantitative estimate of drug-likeness (QED) is 0.881. The molecule has 0 radical (unpaired) electrons. The zero-order valence-electron chi connectivity index (χ0n) is 13.2. The van der Waals surface area contributed by atoms with Crippen molar-refractivity contribution in [1.29, 1.82) is 0 Å². The molecule has 1 aliphatic rings. The van der Waals surface area contributed by atoms with Gasteiger partial charge in [-0.15, -0.1) is 0 Å². The molecule has 0 bridgehead atoms. The zero-order valence-corrected chi connectivity index (χ0v) is 14.0. The Bertz CT molecular complexity index is 466. The van der Waals surface area contributed by atoms with Crippen molar-refractivity contribution in [2.45, 2.75) is 52.2 Å². The van der Waals surface area contributed by atoms with Crippen LogP contribution in [-0.4, -0.2) is 30.1 Å². The van der Waals surface area contributed by atoms with Crippen LogP contribution in [0.25, 0.3) is 0 Å². The summed E-state index contributed by atoms with van der Waals surface area (Å²) in [4.78, 5) is 2.47. The molecule has 1 aromatic rings. The van der Waals surface area contributed by atoms with E-state index in [1.54, 1.807) is 6.07 Å². The molecule has 1 fully saturated rings. The molecule has 4 heteroatoms. The van der Waals surface area contributed by atoms with Gasteiger partial charge in [-0.3, -0.25) is 4.90 Å². The predicted octanol–water partition coefficient (Wildman–Crippen LogP) is 4.08. The third-order valence-electron chi connectivity index (χ3n) is 4.74. The summed E-state index contributed by atoms with van der Waals surface area (Å²) in [6, 6.07) is 6.09. The third kappa shape index (κ3) is 3.97. The van der Waals surface area contributed by atoms with Gasteiger partial charge < -0.3 is 5.32 Å². The van der Waals surface area contributed by atoms with E-state index in [9.17, 15) is 4.39 Å². The highest BCUT2D eigenvalue weighted by atomic mass is 35.5. The SMILES string of the molecule is CCC1CN(Cc2cccc(F)c2Cl)C(C(C)CC)CN1. The lowest BCUT2D eigenvalue weighted by molar-refractivity contribution is 0.0832. The molecule has 0 saturated carbocycles. The molecule has 1 aromatic carbocycles. The lowest BCUT2D eigenvalue weighted by atomic mass is 9.93. The van der Waals surface area contributed by atoms with Crippen molar-refractivity contribution in [2.24, 2.45) is 5.92 Å². The van der Waals surface area contributed by atoms with Gasteiger partial charge in [0.1, 0.15) is 5.82 Å². The van der Waals surface area contributed by atoms with Crippen molar-refractivity contribution in [1.82, 2.24) is 10.2 Å². The standard InChI is InChI=1S/C17H26ClFN2/c1-4-12(3)16-9-20-14(5-2)11-21(16)10-13-7-6-8-15(19)17(13)18/h6-8,12,14,16,20H,4-5,9-11H2,1-3H3. The number of piperazine rings is 1. The highest BCUT2D eigenvalue weighted by Gasteiger charge is 2.30. The van der Waals surface area contributed by atoms with Crippen molar-refractivity contribution in [3.8, 4) is 0 Å². The first kappa shape index (κ1) is 16.7. The first-order valence-corrected chi connectivity index (χ1v) is 8.34. The monoisotopic (exact) mass is 312 g/mol. The molecular formula is C17H26ClFN2. The van der Waals surface area contributed by atoms with E-state index in [1.807, 2.05) is 6.07 Å². The van der Waals surface area contributed by atoms with Gasteiger partial charge in [0.05, 0.1) is 5.02 Å². The van der Waals surface area contributed by atoms with Crippen molar-refractivity contribution < 1.29 is 4.39 Å². The Morgan fingerprint density at radius 2 is 2.19 bits per heavy atom. The summed E-state index contributed by atoms with van der Waals surface area (Å²) >= 11 is 6.13.